The van der Waals surface area contributed by atoms with Gasteiger partial charge in [-0.15, -0.1) is 5.10 Å². The summed E-state index contributed by atoms with van der Waals surface area (Å²) in [5.41, 5.74) is 6.05. The number of fused-ring (bicyclic) bond motifs is 1. The van der Waals surface area contributed by atoms with Crippen molar-refractivity contribution in [3.05, 3.63) is 66.4 Å². The average molecular weight is 381 g/mol. The molecule has 0 aliphatic carbocycles. The highest BCUT2D eigenvalue weighted by Crippen LogP contribution is 2.27. The van der Waals surface area contributed by atoms with E-state index in [1.807, 2.05) is 43.8 Å². The van der Waals surface area contributed by atoms with Crippen LogP contribution in [0.4, 0.5) is 0 Å². The zero-order valence-corrected chi connectivity index (χ0v) is 15.5. The summed E-state index contributed by atoms with van der Waals surface area (Å²) in [6.07, 6.45) is 9.04. The molecule has 0 radical (unpaired) electrons. The summed E-state index contributed by atoms with van der Waals surface area (Å²) in [5, 5.41) is 22.0. The smallest absolute Gasteiger partial charge is 0.156 e. The van der Waals surface area contributed by atoms with Gasteiger partial charge in [-0.05, 0) is 11.6 Å². The minimum atomic E-state index is 0.464. The van der Waals surface area contributed by atoms with Crippen LogP contribution in [0.5, 0.6) is 0 Å². The molecule has 4 heterocycles. The Labute approximate surface area is 165 Å². The van der Waals surface area contributed by atoms with Crippen molar-refractivity contribution in [1.29, 1.82) is 5.26 Å². The first kappa shape index (κ1) is 16.8. The molecular formula is C20H15N9. The first-order valence-electron chi connectivity index (χ1n) is 8.93. The van der Waals surface area contributed by atoms with Crippen LogP contribution in [0, 0.1) is 11.3 Å². The van der Waals surface area contributed by atoms with E-state index in [9.17, 15) is 5.26 Å². The van der Waals surface area contributed by atoms with Crippen LogP contribution in [0.1, 0.15) is 11.1 Å². The Hall–Kier alpha value is -4.32. The molecule has 0 amide bonds. The molecule has 0 aliphatic rings. The summed E-state index contributed by atoms with van der Waals surface area (Å²) >= 11 is 0. The zero-order valence-electron chi connectivity index (χ0n) is 15.5. The predicted octanol–water partition coefficient (Wildman–Crippen LogP) is 2.54. The van der Waals surface area contributed by atoms with E-state index in [1.54, 1.807) is 27.8 Å². The van der Waals surface area contributed by atoms with Gasteiger partial charge < -0.3 is 4.98 Å². The van der Waals surface area contributed by atoms with Crippen molar-refractivity contribution in [3.63, 3.8) is 0 Å². The van der Waals surface area contributed by atoms with Gasteiger partial charge in [0.05, 0.1) is 42.5 Å². The van der Waals surface area contributed by atoms with Crippen LogP contribution in [0.3, 0.4) is 0 Å². The van der Waals surface area contributed by atoms with Crippen LogP contribution in [0.2, 0.25) is 0 Å². The van der Waals surface area contributed by atoms with Crippen LogP contribution < -0.4 is 0 Å². The normalized spacial score (nSPS) is 11.0. The van der Waals surface area contributed by atoms with Crippen LogP contribution in [0.25, 0.3) is 33.7 Å². The molecule has 0 spiro atoms. The van der Waals surface area contributed by atoms with Crippen LogP contribution in [-0.4, -0.2) is 39.7 Å². The highest BCUT2D eigenvalue weighted by molar-refractivity contribution is 5.90. The third-order valence-electron chi connectivity index (χ3n) is 4.67. The summed E-state index contributed by atoms with van der Waals surface area (Å²) < 4.78 is 3.44. The van der Waals surface area contributed by atoms with Crippen molar-refractivity contribution >= 4 is 11.2 Å². The first-order chi connectivity index (χ1) is 14.2. The predicted molar refractivity (Wildman–Crippen MR) is 105 cm³/mol. The lowest BCUT2D eigenvalue weighted by atomic mass is 10.1. The van der Waals surface area contributed by atoms with E-state index in [1.165, 1.54) is 0 Å². The van der Waals surface area contributed by atoms with Gasteiger partial charge in [0.25, 0.3) is 0 Å². The average Bonchev–Trinajstić information content (AvgIpc) is 3.47. The summed E-state index contributed by atoms with van der Waals surface area (Å²) in [7, 11) is 1.86. The third-order valence-corrected chi connectivity index (χ3v) is 4.67. The number of rotatable bonds is 4. The van der Waals surface area contributed by atoms with Gasteiger partial charge in [0.15, 0.2) is 5.65 Å². The van der Waals surface area contributed by atoms with E-state index >= 15 is 0 Å². The first-order valence-corrected chi connectivity index (χ1v) is 8.93. The molecule has 0 unspecified atom stereocenters. The van der Waals surface area contributed by atoms with Crippen LogP contribution >= 0.6 is 0 Å². The third kappa shape index (κ3) is 3.02. The second kappa shape index (κ2) is 6.69. The van der Waals surface area contributed by atoms with E-state index in [4.69, 9.17) is 4.98 Å². The Kier molecular flexibility index (Phi) is 3.88. The van der Waals surface area contributed by atoms with Gasteiger partial charge in [0.2, 0.25) is 0 Å². The maximum absolute atomic E-state index is 9.27. The summed E-state index contributed by atoms with van der Waals surface area (Å²) in [6.45, 7) is 0.464. The van der Waals surface area contributed by atoms with Gasteiger partial charge in [0, 0.05) is 30.6 Å². The Morgan fingerprint density at radius 2 is 2.03 bits per heavy atom. The second-order valence-corrected chi connectivity index (χ2v) is 6.63. The number of hydrogen-bond acceptors (Lipinski definition) is 6. The second-order valence-electron chi connectivity index (χ2n) is 6.63. The van der Waals surface area contributed by atoms with E-state index in [2.05, 4.69) is 31.4 Å². The quantitative estimate of drug-likeness (QED) is 0.512. The summed E-state index contributed by atoms with van der Waals surface area (Å²) in [6, 6.07) is 9.67. The van der Waals surface area contributed by atoms with Gasteiger partial charge in [-0.3, -0.25) is 4.68 Å². The number of nitrogens with zero attached hydrogens (tertiary/aromatic N) is 8. The molecule has 1 aromatic carbocycles. The van der Waals surface area contributed by atoms with E-state index in [0.29, 0.717) is 23.4 Å². The van der Waals surface area contributed by atoms with Gasteiger partial charge >= 0.3 is 0 Å². The summed E-state index contributed by atoms with van der Waals surface area (Å²) in [4.78, 5) is 12.3. The minimum absolute atomic E-state index is 0.464. The summed E-state index contributed by atoms with van der Waals surface area (Å²) in [5.74, 6) is 0. The van der Waals surface area contributed by atoms with E-state index < -0.39 is 0 Å². The van der Waals surface area contributed by atoms with Crippen molar-refractivity contribution in [3.8, 4) is 28.6 Å². The molecule has 5 rings (SSSR count). The van der Waals surface area contributed by atoms with Gasteiger partial charge in [0.1, 0.15) is 11.2 Å². The maximum atomic E-state index is 9.27. The molecule has 0 saturated carbocycles. The van der Waals surface area contributed by atoms with Crippen molar-refractivity contribution in [1.82, 2.24) is 39.7 Å². The van der Waals surface area contributed by atoms with Gasteiger partial charge in [-0.1, -0.05) is 23.4 Å². The number of aromatic nitrogens is 8. The van der Waals surface area contributed by atoms with Crippen LogP contribution in [0.15, 0.2) is 55.2 Å². The SMILES string of the molecule is Cn1cc(-c2cnc3[nH]cc(-c4cn(Cc5ccccc5C#N)nn4)c3n2)cn1. The molecule has 1 N–H and O–H groups in total. The molecule has 0 saturated heterocycles. The number of benzene rings is 1. The number of aromatic amines is 1. The number of hydrogen-bond donors (Lipinski definition) is 1. The molecule has 0 bridgehead atoms. The van der Waals surface area contributed by atoms with Crippen molar-refractivity contribution in [2.75, 3.05) is 0 Å². The standard InChI is InChI=1S/C20H15N9/c1-28-10-15(7-24-28)17-9-23-20-19(25-17)16(8-22-20)18-12-29(27-26-18)11-14-5-3-2-4-13(14)6-21/h2-5,7-10,12H,11H2,1H3,(H,22,23). The fourth-order valence-corrected chi connectivity index (χ4v) is 3.22. The molecule has 9 nitrogen and oxygen atoms in total. The molecular weight excluding hydrogens is 366 g/mol. The lowest BCUT2D eigenvalue weighted by Gasteiger charge is -2.02. The number of nitriles is 1. The molecule has 5 aromatic rings. The van der Waals surface area contributed by atoms with Crippen molar-refractivity contribution < 1.29 is 0 Å². The zero-order chi connectivity index (χ0) is 19.8. The molecule has 0 fully saturated rings. The highest BCUT2D eigenvalue weighted by Gasteiger charge is 2.14. The maximum Gasteiger partial charge on any atom is 0.156 e. The molecule has 29 heavy (non-hydrogen) atoms. The van der Waals surface area contributed by atoms with Crippen molar-refractivity contribution in [2.24, 2.45) is 7.05 Å². The number of aryl methyl sites for hydroxylation is 1. The van der Waals surface area contributed by atoms with E-state index in [0.717, 1.165) is 27.9 Å². The number of H-pyrrole nitrogens is 1. The van der Waals surface area contributed by atoms with Crippen LogP contribution in [-0.2, 0) is 13.6 Å². The molecule has 0 aliphatic heterocycles. The lowest BCUT2D eigenvalue weighted by molar-refractivity contribution is 0.649. The lowest BCUT2D eigenvalue weighted by Crippen LogP contribution is -2.02. The molecule has 9 heteroatoms. The Morgan fingerprint density at radius 3 is 2.86 bits per heavy atom. The molecule has 140 valence electrons. The Balaban J connectivity index is 1.51. The van der Waals surface area contributed by atoms with Crippen molar-refractivity contribution in [2.45, 2.75) is 6.54 Å². The highest BCUT2D eigenvalue weighted by atomic mass is 15.4. The fraction of sp³-hybridized carbons (Fsp3) is 0.100. The number of nitrogens with one attached hydrogen (secondary N) is 1. The topological polar surface area (TPSA) is 114 Å². The molecule has 0 atom stereocenters. The fourth-order valence-electron chi connectivity index (χ4n) is 3.22. The largest absolute Gasteiger partial charge is 0.344 e. The van der Waals surface area contributed by atoms with Gasteiger partial charge in [-0.2, -0.15) is 10.4 Å². The Bertz CT molecular complexity index is 1370. The van der Waals surface area contributed by atoms with Gasteiger partial charge in [-0.25, -0.2) is 14.6 Å². The monoisotopic (exact) mass is 381 g/mol. The van der Waals surface area contributed by atoms with E-state index in [-0.39, 0.29) is 0 Å². The Morgan fingerprint density at radius 1 is 1.14 bits per heavy atom. The molecule has 4 aromatic heterocycles. The minimum Gasteiger partial charge on any atom is -0.344 e.